The summed E-state index contributed by atoms with van der Waals surface area (Å²) in [5.41, 5.74) is 0.138. The van der Waals surface area contributed by atoms with Gasteiger partial charge in [-0.25, -0.2) is 8.42 Å². The molecular formula is C21H21ClN2O5S2. The molecule has 2 aromatic heterocycles. The fraction of sp³-hybridized carbons (Fsp3) is 0.286. The maximum absolute atomic E-state index is 13.4. The number of morpholine rings is 1. The van der Waals surface area contributed by atoms with Gasteiger partial charge in [0, 0.05) is 18.0 Å². The molecule has 7 nitrogen and oxygen atoms in total. The van der Waals surface area contributed by atoms with E-state index in [1.807, 2.05) is 17.5 Å². The Kier molecular flexibility index (Phi) is 6.78. The van der Waals surface area contributed by atoms with Crippen LogP contribution in [0.15, 0.2) is 63.4 Å². The maximum Gasteiger partial charge on any atom is 0.256 e. The van der Waals surface area contributed by atoms with Crippen LogP contribution in [0, 0.1) is 0 Å². The summed E-state index contributed by atoms with van der Waals surface area (Å²) in [6, 6.07) is 11.6. The Labute approximate surface area is 189 Å². The van der Waals surface area contributed by atoms with E-state index >= 15 is 0 Å². The van der Waals surface area contributed by atoms with E-state index in [-0.39, 0.29) is 41.0 Å². The van der Waals surface area contributed by atoms with Crippen molar-refractivity contribution < 1.29 is 22.4 Å². The number of ether oxygens (including phenoxy) is 1. The lowest BCUT2D eigenvalue weighted by atomic mass is 10.2. The lowest BCUT2D eigenvalue weighted by Gasteiger charge is -2.26. The molecule has 1 saturated heterocycles. The minimum absolute atomic E-state index is 0.0382. The van der Waals surface area contributed by atoms with Crippen LogP contribution >= 0.6 is 22.9 Å². The highest BCUT2D eigenvalue weighted by atomic mass is 35.5. The Bertz CT molecular complexity index is 1090. The average Bonchev–Trinajstić information content (AvgIpc) is 3.48. The molecule has 0 radical (unpaired) electrons. The predicted octanol–water partition coefficient (Wildman–Crippen LogP) is 3.86. The average molecular weight is 481 g/mol. The fourth-order valence-corrected chi connectivity index (χ4v) is 5.67. The smallest absolute Gasteiger partial charge is 0.256 e. The highest BCUT2D eigenvalue weighted by Gasteiger charge is 2.29. The Morgan fingerprint density at radius 2 is 1.94 bits per heavy atom. The van der Waals surface area contributed by atoms with Gasteiger partial charge >= 0.3 is 0 Å². The number of furan rings is 1. The molecule has 0 atom stereocenters. The van der Waals surface area contributed by atoms with Crippen molar-refractivity contribution in [2.24, 2.45) is 0 Å². The lowest BCUT2D eigenvalue weighted by Crippen LogP contribution is -2.40. The van der Waals surface area contributed by atoms with Crippen molar-refractivity contribution >= 4 is 38.9 Å². The van der Waals surface area contributed by atoms with Crippen LogP contribution in [0.1, 0.15) is 21.0 Å². The Hall–Kier alpha value is -2.17. The van der Waals surface area contributed by atoms with Gasteiger partial charge in [0.2, 0.25) is 10.0 Å². The third kappa shape index (κ3) is 5.02. The van der Waals surface area contributed by atoms with Gasteiger partial charge in [-0.2, -0.15) is 4.31 Å². The monoisotopic (exact) mass is 480 g/mol. The van der Waals surface area contributed by atoms with Crippen molar-refractivity contribution in [1.82, 2.24) is 9.21 Å². The number of nitrogens with zero attached hydrogens (tertiary/aromatic N) is 2. The van der Waals surface area contributed by atoms with Crippen LogP contribution in [-0.2, 0) is 27.8 Å². The van der Waals surface area contributed by atoms with Gasteiger partial charge in [0.15, 0.2) is 0 Å². The minimum atomic E-state index is -3.75. The first-order valence-corrected chi connectivity index (χ1v) is 12.4. The number of carbonyl (C=O) groups excluding carboxylic acids is 1. The van der Waals surface area contributed by atoms with Gasteiger partial charge in [-0.1, -0.05) is 17.7 Å². The quantitative estimate of drug-likeness (QED) is 0.513. The number of sulfonamides is 1. The number of hydrogen-bond donors (Lipinski definition) is 0. The van der Waals surface area contributed by atoms with Crippen LogP contribution in [0.25, 0.3) is 0 Å². The molecule has 0 saturated carbocycles. The summed E-state index contributed by atoms with van der Waals surface area (Å²) in [5, 5.41) is 2.13. The van der Waals surface area contributed by atoms with Gasteiger partial charge in [-0.05, 0) is 41.8 Å². The highest BCUT2D eigenvalue weighted by molar-refractivity contribution is 7.89. The van der Waals surface area contributed by atoms with Crippen LogP contribution < -0.4 is 0 Å². The van der Waals surface area contributed by atoms with Gasteiger partial charge in [0.1, 0.15) is 5.76 Å². The molecule has 1 fully saturated rings. The minimum Gasteiger partial charge on any atom is -0.467 e. The molecule has 0 aliphatic carbocycles. The molecule has 0 N–H and O–H groups in total. The molecule has 0 bridgehead atoms. The number of thiophene rings is 1. The molecule has 1 aliphatic heterocycles. The summed E-state index contributed by atoms with van der Waals surface area (Å²) in [7, 11) is -3.75. The molecule has 3 aromatic rings. The zero-order chi connectivity index (χ0) is 21.8. The molecular weight excluding hydrogens is 460 g/mol. The van der Waals surface area contributed by atoms with E-state index < -0.39 is 10.0 Å². The van der Waals surface area contributed by atoms with Crippen LogP contribution in [0.4, 0.5) is 0 Å². The highest BCUT2D eigenvalue weighted by Crippen LogP contribution is 2.26. The summed E-state index contributed by atoms with van der Waals surface area (Å²) >= 11 is 7.87. The number of rotatable bonds is 7. The van der Waals surface area contributed by atoms with E-state index in [0.29, 0.717) is 25.5 Å². The molecule has 3 heterocycles. The van der Waals surface area contributed by atoms with Crippen molar-refractivity contribution in [1.29, 1.82) is 0 Å². The first kappa shape index (κ1) is 22.0. The van der Waals surface area contributed by atoms with Gasteiger partial charge < -0.3 is 14.1 Å². The molecule has 1 aliphatic rings. The maximum atomic E-state index is 13.4. The Morgan fingerprint density at radius 1 is 1.13 bits per heavy atom. The third-order valence-corrected chi connectivity index (χ3v) is 8.00. The summed E-state index contributed by atoms with van der Waals surface area (Å²) in [6.07, 6.45) is 1.55. The Morgan fingerprint density at radius 3 is 2.61 bits per heavy atom. The van der Waals surface area contributed by atoms with Crippen molar-refractivity contribution in [2.75, 3.05) is 26.3 Å². The van der Waals surface area contributed by atoms with Gasteiger partial charge in [-0.3, -0.25) is 4.79 Å². The normalized spacial score (nSPS) is 15.1. The second-order valence-corrected chi connectivity index (χ2v) is 10.4. The molecule has 10 heteroatoms. The van der Waals surface area contributed by atoms with Crippen LogP contribution in [-0.4, -0.2) is 49.8 Å². The number of halogens is 1. The molecule has 0 unspecified atom stereocenters. The van der Waals surface area contributed by atoms with Crippen molar-refractivity contribution in [3.8, 4) is 0 Å². The van der Waals surface area contributed by atoms with Gasteiger partial charge in [-0.15, -0.1) is 11.3 Å². The first-order chi connectivity index (χ1) is 14.9. The second kappa shape index (κ2) is 9.54. The summed E-state index contributed by atoms with van der Waals surface area (Å²) in [6.45, 7) is 1.83. The molecule has 164 valence electrons. The van der Waals surface area contributed by atoms with E-state index in [0.717, 1.165) is 4.88 Å². The van der Waals surface area contributed by atoms with Crippen LogP contribution in [0.2, 0.25) is 5.02 Å². The van der Waals surface area contributed by atoms with E-state index in [1.165, 1.54) is 33.8 Å². The first-order valence-electron chi connectivity index (χ1n) is 9.66. The van der Waals surface area contributed by atoms with Crippen molar-refractivity contribution in [3.05, 3.63) is 75.3 Å². The molecule has 31 heavy (non-hydrogen) atoms. The van der Waals surface area contributed by atoms with Crippen LogP contribution in [0.5, 0.6) is 0 Å². The largest absolute Gasteiger partial charge is 0.467 e. The molecule has 1 aromatic carbocycles. The molecule has 1 amide bonds. The van der Waals surface area contributed by atoms with E-state index in [2.05, 4.69) is 0 Å². The number of benzene rings is 1. The predicted molar refractivity (Wildman–Crippen MR) is 118 cm³/mol. The summed E-state index contributed by atoms with van der Waals surface area (Å²) in [5.74, 6) is 0.256. The summed E-state index contributed by atoms with van der Waals surface area (Å²) < 4.78 is 38.1. The fourth-order valence-electron chi connectivity index (χ4n) is 3.32. The topological polar surface area (TPSA) is 80.1 Å². The second-order valence-electron chi connectivity index (χ2n) is 6.98. The SMILES string of the molecule is O=C(c1cc(S(=O)(=O)N2CCOCC2)ccc1Cl)N(Cc1ccco1)Cc1cccs1. The van der Waals surface area contributed by atoms with E-state index in [9.17, 15) is 13.2 Å². The number of carbonyl (C=O) groups is 1. The standard InChI is InChI=1S/C21H21ClN2O5S2/c22-20-6-5-18(31(26,27)24-7-10-28-11-8-24)13-19(20)21(25)23(14-16-3-1-9-29-16)15-17-4-2-12-30-17/h1-6,9,12-13H,7-8,10-11,14-15H2. The number of amides is 1. The van der Waals surface area contributed by atoms with Crippen molar-refractivity contribution in [3.63, 3.8) is 0 Å². The summed E-state index contributed by atoms with van der Waals surface area (Å²) in [4.78, 5) is 16.1. The zero-order valence-corrected chi connectivity index (χ0v) is 19.0. The van der Waals surface area contributed by atoms with Gasteiger partial charge in [0.05, 0.1) is 48.0 Å². The Balaban J connectivity index is 1.65. The van der Waals surface area contributed by atoms with Crippen LogP contribution in [0.3, 0.4) is 0 Å². The molecule has 4 rings (SSSR count). The van der Waals surface area contributed by atoms with Gasteiger partial charge in [0.25, 0.3) is 5.91 Å². The number of hydrogen-bond acceptors (Lipinski definition) is 6. The molecule has 0 spiro atoms. The van der Waals surface area contributed by atoms with E-state index in [1.54, 1.807) is 23.3 Å². The van der Waals surface area contributed by atoms with Crippen molar-refractivity contribution in [2.45, 2.75) is 18.0 Å². The lowest BCUT2D eigenvalue weighted by molar-refractivity contribution is 0.0717. The zero-order valence-electron chi connectivity index (χ0n) is 16.6. The third-order valence-electron chi connectivity index (χ3n) is 4.92. The van der Waals surface area contributed by atoms with E-state index in [4.69, 9.17) is 20.8 Å².